The molecule has 113 heavy (non-hydrogen) atoms. The van der Waals surface area contributed by atoms with E-state index >= 15 is 0 Å². The highest BCUT2D eigenvalue weighted by Gasteiger charge is 2.69. The van der Waals surface area contributed by atoms with Gasteiger partial charge in [-0.25, -0.2) is 0 Å². The first-order chi connectivity index (χ1) is 52.3. The molecular weight excluding hydrogens is 1500 g/mol. The van der Waals surface area contributed by atoms with Crippen LogP contribution in [-0.4, -0.2) is 195 Å². The Kier molecular flexibility index (Phi) is 21.8. The summed E-state index contributed by atoms with van der Waals surface area (Å²) in [6, 6.07) is -6.76. The zero-order valence-corrected chi connectivity index (χ0v) is 64.8. The Bertz CT molecular complexity index is 4040. The Morgan fingerprint density at radius 3 is 1.13 bits per heavy atom. The average Bonchev–Trinajstić information content (AvgIpc) is 1.55. The summed E-state index contributed by atoms with van der Waals surface area (Å²) in [5, 5.41) is 54.5. The third-order valence-electron chi connectivity index (χ3n) is 27.4. The largest absolute Gasteiger partial charge is 0.471 e. The summed E-state index contributed by atoms with van der Waals surface area (Å²) in [5.41, 5.74) is -7.42. The van der Waals surface area contributed by atoms with E-state index in [1.54, 1.807) is 0 Å². The maximum Gasteiger partial charge on any atom is 0.471 e. The minimum Gasteiger partial charge on any atom is -0.350 e. The number of alkyl halides is 9. The Morgan fingerprint density at radius 1 is 0.434 bits per heavy atom. The van der Waals surface area contributed by atoms with Crippen molar-refractivity contribution in [3.63, 3.8) is 0 Å². The molecule has 22 atom stereocenters. The van der Waals surface area contributed by atoms with Gasteiger partial charge in [-0.1, -0.05) is 68.7 Å². The van der Waals surface area contributed by atoms with Gasteiger partial charge in [0.2, 0.25) is 53.2 Å². The van der Waals surface area contributed by atoms with Gasteiger partial charge in [-0.2, -0.15) is 55.3 Å². The van der Waals surface area contributed by atoms with Gasteiger partial charge in [0.05, 0.1) is 18.2 Å². The van der Waals surface area contributed by atoms with Crippen molar-refractivity contribution in [2.45, 2.75) is 287 Å². The number of likely N-dealkylation sites (tertiary alicyclic amines) is 3. The van der Waals surface area contributed by atoms with Crippen molar-refractivity contribution in [2.24, 2.45) is 80.3 Å². The fraction of sp³-hybridized carbons (Fsp3) is 0.805. The maximum atomic E-state index is 15.0. The molecule has 620 valence electrons. The predicted molar refractivity (Wildman–Crippen MR) is 377 cm³/mol. The third-order valence-corrected chi connectivity index (χ3v) is 27.4. The molecule has 6 saturated carbocycles. The highest BCUT2D eigenvalue weighted by molar-refractivity contribution is 5.97. The van der Waals surface area contributed by atoms with Crippen LogP contribution in [0.1, 0.15) is 197 Å². The van der Waals surface area contributed by atoms with Crippen molar-refractivity contribution < 1.29 is 97.0 Å². The van der Waals surface area contributed by atoms with Crippen molar-refractivity contribution in [1.29, 1.82) is 15.8 Å². The van der Waals surface area contributed by atoms with Crippen molar-refractivity contribution >= 4 is 70.9 Å². The number of hydrogen-bond donors (Lipinski definition) is 9. The van der Waals surface area contributed by atoms with E-state index in [1.165, 1.54) is 72.1 Å². The highest BCUT2D eigenvalue weighted by atomic mass is 19.4. The first-order valence-electron chi connectivity index (χ1n) is 39.4. The van der Waals surface area contributed by atoms with Crippen LogP contribution >= 0.6 is 0 Å². The Hall–Kier alpha value is -8.52. The first kappa shape index (κ1) is 83.9. The summed E-state index contributed by atoms with van der Waals surface area (Å²) >= 11 is 0. The van der Waals surface area contributed by atoms with Crippen molar-refractivity contribution in [3.05, 3.63) is 0 Å². The molecule has 12 amide bonds. The van der Waals surface area contributed by atoms with E-state index in [9.17, 15) is 113 Å². The van der Waals surface area contributed by atoms with Crippen LogP contribution < -0.4 is 47.9 Å². The molecule has 6 aliphatic carbocycles. The zero-order chi connectivity index (χ0) is 83.0. The second-order valence-electron chi connectivity index (χ2n) is 38.6. The summed E-state index contributed by atoms with van der Waals surface area (Å²) < 4.78 is 124. The number of amides is 12. The van der Waals surface area contributed by atoms with E-state index in [2.05, 4.69) is 50.1 Å². The quantitative estimate of drug-likeness (QED) is 0.0697. The summed E-state index contributed by atoms with van der Waals surface area (Å²) in [4.78, 5) is 170. The molecule has 0 aromatic rings. The molecule has 12 rings (SSSR count). The lowest BCUT2D eigenvalue weighted by Gasteiger charge is -2.36. The highest BCUT2D eigenvalue weighted by Crippen LogP contribution is 2.65. The number of nitriles is 3. The van der Waals surface area contributed by atoms with Gasteiger partial charge in [0.15, 0.2) is 0 Å². The fourth-order valence-electron chi connectivity index (χ4n) is 21.5. The normalized spacial score (nSPS) is 34.3. The van der Waals surface area contributed by atoms with Crippen LogP contribution in [0.3, 0.4) is 0 Å². The van der Waals surface area contributed by atoms with Crippen LogP contribution in [0.4, 0.5) is 39.5 Å². The van der Waals surface area contributed by atoms with Crippen molar-refractivity contribution in [2.75, 3.05) is 19.6 Å². The fourth-order valence-corrected chi connectivity index (χ4v) is 21.5. The number of carbonyl (C=O) groups is 12. The minimum absolute atomic E-state index is 0.0256. The molecule has 27 nitrogen and oxygen atoms in total. The summed E-state index contributed by atoms with van der Waals surface area (Å²) in [6.45, 7) is 12.9. The predicted octanol–water partition coefficient (Wildman–Crippen LogP) is 5.32. The third kappa shape index (κ3) is 17.0. The molecule has 0 aromatic carbocycles. The molecule has 12 fully saturated rings. The second-order valence-corrected chi connectivity index (χ2v) is 38.6. The van der Waals surface area contributed by atoms with Crippen molar-refractivity contribution in [3.8, 4) is 18.2 Å². The van der Waals surface area contributed by atoms with Gasteiger partial charge in [-0.3, -0.25) is 57.5 Å². The number of carbonyl (C=O) groups excluding carboxylic acids is 12. The van der Waals surface area contributed by atoms with Gasteiger partial charge in [0.1, 0.15) is 54.4 Å². The van der Waals surface area contributed by atoms with E-state index in [4.69, 9.17) is 0 Å². The smallest absolute Gasteiger partial charge is 0.350 e. The van der Waals surface area contributed by atoms with Crippen LogP contribution in [0, 0.1) is 114 Å². The Balaban J connectivity index is 0.696. The standard InChI is InChI=1S/C77H102F9N15O12/c1-67(2,3)52(93-64(111)75(78,79)80)61(108)99-34-39-11-10-12-46(39)51(99)60(107)92-45(33-89)21-42-26-74(98-57(42)104)28-48(74)38-14-16-71(23-38)30-50(101(36-71)63(110)54(69(7,8)9)95-66(113)77(84,85)86)59(106)91-44(32-88)20-41-25-73(97-56(41)103)27-47(73)37-13-15-70(22-37)29-49(58(105)90-43(31-87)19-40-24-72(17-18-72)96-55(40)102)100(35-70)62(109)53(68(4,5)6)94-65(112)76(81,82)83/h37-54H,10-30,34-36H2,1-9H3,(H,90,105)(H,91,106)(H,92,107)(H,93,111)(H,94,112)(H,95,113)(H,96,102)(H,97,103)(H,98,104)/t37?,38?,39?,40?,41-,42?,43?,44+,45?,46?,47?,48?,49?,50+,51?,52?,53?,54-,70?,71?,73?,74?/m1/s1. The van der Waals surface area contributed by atoms with Crippen LogP contribution in [0.5, 0.6) is 0 Å². The lowest BCUT2D eigenvalue weighted by atomic mass is 9.81. The summed E-state index contributed by atoms with van der Waals surface area (Å²) in [5.74, 6) is -16.7. The zero-order valence-electron chi connectivity index (χ0n) is 64.8. The Morgan fingerprint density at radius 2 is 0.788 bits per heavy atom. The second kappa shape index (κ2) is 29.3. The molecule has 6 saturated heterocycles. The van der Waals surface area contributed by atoms with Crippen LogP contribution in [-0.2, 0) is 57.5 Å². The monoisotopic (exact) mass is 1600 g/mol. The van der Waals surface area contributed by atoms with E-state index in [-0.39, 0.29) is 106 Å². The van der Waals surface area contributed by atoms with E-state index in [0.717, 1.165) is 17.7 Å². The lowest BCUT2D eigenvalue weighted by molar-refractivity contribution is -0.176. The average molecular weight is 1600 g/mol. The van der Waals surface area contributed by atoms with E-state index in [0.29, 0.717) is 77.0 Å². The van der Waals surface area contributed by atoms with Gasteiger partial charge in [0, 0.05) is 54.0 Å². The molecule has 0 radical (unpaired) electrons. The SMILES string of the molecule is CC(C)(C)C(NC(=O)C(F)(F)F)C(=O)N1CC2(CCC(C3CC34C[C@@H](C[C@@H](C#N)NC(=O)[C@@H]3CC5(CCC(C6CC67CC(CC(C#N)NC(=O)C6C8CCCC8CN6C(=O)C(NC(=O)C(F)(F)F)C(C)(C)C)C(=O)N7)C5)CN3C(=O)[C@@H](NC(=O)C(F)(F)F)C(C)(C)C)C(=O)N4)C2)CC1C(=O)NC(C#N)CC1CC2(CC2)NC1=O. The van der Waals surface area contributed by atoms with Gasteiger partial charge in [-0.15, -0.1) is 0 Å². The number of rotatable bonds is 20. The number of hydrogen-bond acceptors (Lipinski definition) is 15. The number of fused-ring (bicyclic) bond motifs is 1. The molecule has 6 heterocycles. The van der Waals surface area contributed by atoms with Crippen molar-refractivity contribution in [1.82, 2.24) is 62.6 Å². The molecule has 12 aliphatic rings. The van der Waals surface area contributed by atoms with Crippen LogP contribution in [0.25, 0.3) is 0 Å². The maximum absolute atomic E-state index is 15.0. The van der Waals surface area contributed by atoms with E-state index in [1.807, 2.05) is 16.0 Å². The van der Waals surface area contributed by atoms with Gasteiger partial charge < -0.3 is 62.6 Å². The first-order valence-corrected chi connectivity index (χ1v) is 39.4. The topological polar surface area (TPSA) is 394 Å². The molecule has 5 spiro atoms. The molecule has 6 aliphatic heterocycles. The summed E-state index contributed by atoms with van der Waals surface area (Å²) in [7, 11) is 0. The molecule has 36 heteroatoms. The van der Waals surface area contributed by atoms with Gasteiger partial charge >= 0.3 is 36.3 Å². The van der Waals surface area contributed by atoms with Crippen LogP contribution in [0.2, 0.25) is 0 Å². The molecule has 9 N–H and O–H groups in total. The Labute approximate surface area is 648 Å². The van der Waals surface area contributed by atoms with E-state index < -0.39 is 200 Å². The van der Waals surface area contributed by atoms with Crippen LogP contribution in [0.15, 0.2) is 0 Å². The molecule has 18 unspecified atom stereocenters. The number of nitrogens with zero attached hydrogens (tertiary/aromatic N) is 6. The number of nitrogens with one attached hydrogen (secondary N) is 9. The van der Waals surface area contributed by atoms with Gasteiger partial charge in [-0.05, 0) is 191 Å². The minimum atomic E-state index is -5.41. The summed E-state index contributed by atoms with van der Waals surface area (Å²) in [6.07, 6.45) is -8.49. The molecule has 0 bridgehead atoms. The molecule has 0 aromatic heterocycles. The lowest BCUT2D eigenvalue weighted by Crippen LogP contribution is -2.60. The molecular formula is C77H102F9N15O12. The van der Waals surface area contributed by atoms with Gasteiger partial charge in [0.25, 0.3) is 0 Å². The number of halogens is 9.